The van der Waals surface area contributed by atoms with Crippen LogP contribution in [0, 0.1) is 0 Å². The minimum absolute atomic E-state index is 0.0228. The van der Waals surface area contributed by atoms with Crippen LogP contribution in [0.3, 0.4) is 0 Å². The fourth-order valence-electron chi connectivity index (χ4n) is 1.56. The molecule has 0 bridgehead atoms. The van der Waals surface area contributed by atoms with Crippen molar-refractivity contribution in [3.8, 4) is 0 Å². The third kappa shape index (κ3) is 8.27. The van der Waals surface area contributed by atoms with E-state index in [0.717, 1.165) is 25.0 Å². The Labute approximate surface area is 120 Å². The SMILES string of the molecule is CCCCOCCOCCOCCn1cc(CO)cn1. The number of aliphatic hydroxyl groups excluding tert-OH is 1. The molecule has 0 aliphatic carbocycles. The molecule has 1 rings (SSSR count). The van der Waals surface area contributed by atoms with Crippen molar-refractivity contribution in [2.24, 2.45) is 0 Å². The lowest BCUT2D eigenvalue weighted by atomic mass is 10.4. The Bertz CT molecular complexity index is 331. The highest BCUT2D eigenvalue weighted by molar-refractivity contribution is 5.01. The van der Waals surface area contributed by atoms with Crippen molar-refractivity contribution in [2.75, 3.05) is 39.6 Å². The summed E-state index contributed by atoms with van der Waals surface area (Å²) in [7, 11) is 0. The van der Waals surface area contributed by atoms with Crippen molar-refractivity contribution >= 4 is 0 Å². The van der Waals surface area contributed by atoms with Gasteiger partial charge in [0.25, 0.3) is 0 Å². The fraction of sp³-hybridized carbons (Fsp3) is 0.786. The number of hydrogen-bond acceptors (Lipinski definition) is 5. The molecule has 0 unspecified atom stereocenters. The lowest BCUT2D eigenvalue weighted by Gasteiger charge is -2.06. The summed E-state index contributed by atoms with van der Waals surface area (Å²) in [5, 5.41) is 13.0. The zero-order valence-electron chi connectivity index (χ0n) is 12.3. The maximum Gasteiger partial charge on any atom is 0.0712 e. The van der Waals surface area contributed by atoms with Crippen molar-refractivity contribution in [1.82, 2.24) is 9.78 Å². The average Bonchev–Trinajstić information content (AvgIpc) is 2.93. The first-order valence-electron chi connectivity index (χ1n) is 7.22. The Morgan fingerprint density at radius 1 is 1.05 bits per heavy atom. The van der Waals surface area contributed by atoms with Crippen molar-refractivity contribution in [3.63, 3.8) is 0 Å². The van der Waals surface area contributed by atoms with E-state index in [2.05, 4.69) is 12.0 Å². The molecule has 116 valence electrons. The molecule has 0 radical (unpaired) electrons. The van der Waals surface area contributed by atoms with Gasteiger partial charge in [-0.1, -0.05) is 13.3 Å². The van der Waals surface area contributed by atoms with E-state index in [9.17, 15) is 0 Å². The van der Waals surface area contributed by atoms with E-state index in [1.807, 2.05) is 6.20 Å². The molecule has 0 amide bonds. The second kappa shape index (κ2) is 11.8. The first kappa shape index (κ1) is 17.1. The molecular weight excluding hydrogens is 260 g/mol. The number of aromatic nitrogens is 2. The topological polar surface area (TPSA) is 65.7 Å². The molecule has 6 nitrogen and oxygen atoms in total. The van der Waals surface area contributed by atoms with Gasteiger partial charge in [-0.05, 0) is 6.42 Å². The van der Waals surface area contributed by atoms with E-state index in [1.54, 1.807) is 10.9 Å². The quantitative estimate of drug-likeness (QED) is 0.552. The minimum Gasteiger partial charge on any atom is -0.392 e. The van der Waals surface area contributed by atoms with Gasteiger partial charge in [-0.2, -0.15) is 5.10 Å². The first-order chi connectivity index (χ1) is 9.86. The maximum absolute atomic E-state index is 8.90. The van der Waals surface area contributed by atoms with Gasteiger partial charge in [-0.15, -0.1) is 0 Å². The smallest absolute Gasteiger partial charge is 0.0712 e. The molecule has 0 saturated heterocycles. The number of aliphatic hydroxyl groups is 1. The molecule has 0 saturated carbocycles. The summed E-state index contributed by atoms with van der Waals surface area (Å²) in [5.41, 5.74) is 0.816. The fourth-order valence-corrected chi connectivity index (χ4v) is 1.56. The number of nitrogens with zero attached hydrogens (tertiary/aromatic N) is 2. The van der Waals surface area contributed by atoms with Crippen LogP contribution in [0.4, 0.5) is 0 Å². The zero-order valence-corrected chi connectivity index (χ0v) is 12.3. The van der Waals surface area contributed by atoms with E-state index in [1.165, 1.54) is 0 Å². The summed E-state index contributed by atoms with van der Waals surface area (Å²) in [6.45, 7) is 6.67. The van der Waals surface area contributed by atoms with Gasteiger partial charge in [0, 0.05) is 18.4 Å². The Balaban J connectivity index is 1.83. The lowest BCUT2D eigenvalue weighted by Crippen LogP contribution is -2.12. The molecule has 1 N–H and O–H groups in total. The van der Waals surface area contributed by atoms with Crippen molar-refractivity contribution < 1.29 is 19.3 Å². The zero-order chi connectivity index (χ0) is 14.5. The molecule has 0 aromatic carbocycles. The van der Waals surface area contributed by atoms with E-state index in [-0.39, 0.29) is 6.61 Å². The molecule has 0 atom stereocenters. The van der Waals surface area contributed by atoms with Gasteiger partial charge in [0.2, 0.25) is 0 Å². The van der Waals surface area contributed by atoms with Crippen LogP contribution in [-0.2, 0) is 27.4 Å². The summed E-state index contributed by atoms with van der Waals surface area (Å²) in [5.74, 6) is 0. The van der Waals surface area contributed by atoms with Crippen LogP contribution >= 0.6 is 0 Å². The number of hydrogen-bond donors (Lipinski definition) is 1. The average molecular weight is 286 g/mol. The minimum atomic E-state index is 0.0228. The van der Waals surface area contributed by atoms with Crippen molar-refractivity contribution in [3.05, 3.63) is 18.0 Å². The molecule has 6 heteroatoms. The molecule has 1 aromatic heterocycles. The van der Waals surface area contributed by atoms with E-state index in [0.29, 0.717) is 39.6 Å². The second-order valence-corrected chi connectivity index (χ2v) is 4.46. The second-order valence-electron chi connectivity index (χ2n) is 4.46. The maximum atomic E-state index is 8.90. The van der Waals surface area contributed by atoms with Gasteiger partial charge in [0.05, 0.1) is 52.4 Å². The molecule has 1 aromatic rings. The van der Waals surface area contributed by atoms with Crippen molar-refractivity contribution in [1.29, 1.82) is 0 Å². The lowest BCUT2D eigenvalue weighted by molar-refractivity contribution is 0.0123. The molecular formula is C14H26N2O4. The normalized spacial score (nSPS) is 11.1. The van der Waals surface area contributed by atoms with Crippen LogP contribution in [0.1, 0.15) is 25.3 Å². The van der Waals surface area contributed by atoms with Crippen LogP contribution in [0.25, 0.3) is 0 Å². The Hall–Kier alpha value is -0.950. The molecule has 1 heterocycles. The van der Waals surface area contributed by atoms with Gasteiger partial charge in [0.15, 0.2) is 0 Å². The third-order valence-corrected chi connectivity index (χ3v) is 2.72. The number of rotatable bonds is 13. The number of unbranched alkanes of at least 4 members (excludes halogenated alkanes) is 1. The summed E-state index contributed by atoms with van der Waals surface area (Å²) >= 11 is 0. The highest BCUT2D eigenvalue weighted by Gasteiger charge is 1.97. The number of ether oxygens (including phenoxy) is 3. The van der Waals surface area contributed by atoms with Gasteiger partial charge in [-0.25, -0.2) is 0 Å². The molecule has 0 aliphatic rings. The van der Waals surface area contributed by atoms with Crippen LogP contribution in [0.5, 0.6) is 0 Å². The van der Waals surface area contributed by atoms with Gasteiger partial charge >= 0.3 is 0 Å². The monoisotopic (exact) mass is 286 g/mol. The molecule has 0 fully saturated rings. The van der Waals surface area contributed by atoms with Crippen molar-refractivity contribution in [2.45, 2.75) is 32.9 Å². The Morgan fingerprint density at radius 2 is 1.70 bits per heavy atom. The highest BCUT2D eigenvalue weighted by Crippen LogP contribution is 1.96. The summed E-state index contributed by atoms with van der Waals surface area (Å²) < 4.78 is 18.0. The van der Waals surface area contributed by atoms with Gasteiger partial charge in [-0.3, -0.25) is 4.68 Å². The van der Waals surface area contributed by atoms with E-state index < -0.39 is 0 Å². The van der Waals surface area contributed by atoms with Crippen LogP contribution in [-0.4, -0.2) is 54.5 Å². The van der Waals surface area contributed by atoms with Crippen LogP contribution in [0.15, 0.2) is 12.4 Å². The van der Waals surface area contributed by atoms with Crippen LogP contribution < -0.4 is 0 Å². The van der Waals surface area contributed by atoms with E-state index in [4.69, 9.17) is 19.3 Å². The molecule has 20 heavy (non-hydrogen) atoms. The Kier molecular flexibility index (Phi) is 10.1. The summed E-state index contributed by atoms with van der Waals surface area (Å²) in [6.07, 6.45) is 5.73. The molecule has 0 spiro atoms. The summed E-state index contributed by atoms with van der Waals surface area (Å²) in [6, 6.07) is 0. The largest absolute Gasteiger partial charge is 0.392 e. The predicted octanol–water partition coefficient (Wildman–Crippen LogP) is 1.23. The predicted molar refractivity (Wildman–Crippen MR) is 75.5 cm³/mol. The standard InChI is InChI=1S/C14H26N2O4/c1-2-3-5-18-7-9-20-10-8-19-6-4-16-12-14(13-17)11-15-16/h11-12,17H,2-10,13H2,1H3. The third-order valence-electron chi connectivity index (χ3n) is 2.72. The molecule has 0 aliphatic heterocycles. The first-order valence-corrected chi connectivity index (χ1v) is 7.22. The Morgan fingerprint density at radius 3 is 2.30 bits per heavy atom. The van der Waals surface area contributed by atoms with E-state index >= 15 is 0 Å². The van der Waals surface area contributed by atoms with Gasteiger partial charge in [0.1, 0.15) is 0 Å². The van der Waals surface area contributed by atoms with Gasteiger partial charge < -0.3 is 19.3 Å². The van der Waals surface area contributed by atoms with Crippen LogP contribution in [0.2, 0.25) is 0 Å². The summed E-state index contributed by atoms with van der Waals surface area (Å²) in [4.78, 5) is 0. The highest BCUT2D eigenvalue weighted by atomic mass is 16.5.